The molecule has 0 fully saturated rings. The number of hydrogen-bond donors (Lipinski definition) is 2. The number of aromatic nitrogens is 1. The zero-order chi connectivity index (χ0) is 12.7. The molecule has 0 atom stereocenters. The van der Waals surface area contributed by atoms with Gasteiger partial charge in [-0.25, -0.2) is 18.1 Å². The van der Waals surface area contributed by atoms with E-state index in [1.165, 1.54) is 18.3 Å². The lowest BCUT2D eigenvalue weighted by molar-refractivity contribution is 0.577. The first-order valence-corrected chi connectivity index (χ1v) is 6.59. The van der Waals surface area contributed by atoms with Crippen molar-refractivity contribution in [3.8, 4) is 6.07 Å². The lowest BCUT2D eigenvalue weighted by Gasteiger charge is -2.05. The van der Waals surface area contributed by atoms with Crippen molar-refractivity contribution in [1.82, 2.24) is 15.0 Å². The van der Waals surface area contributed by atoms with Crippen LogP contribution in [0.25, 0.3) is 0 Å². The summed E-state index contributed by atoms with van der Waals surface area (Å²) < 4.78 is 25.9. The van der Waals surface area contributed by atoms with Gasteiger partial charge in [-0.3, -0.25) is 0 Å². The predicted octanol–water partition coefficient (Wildman–Crippen LogP) is -0.159. The molecule has 0 bridgehead atoms. The Balaban J connectivity index is 2.66. The Morgan fingerprint density at radius 3 is 2.71 bits per heavy atom. The molecule has 0 saturated carbocycles. The van der Waals surface area contributed by atoms with E-state index in [1.807, 2.05) is 6.07 Å². The molecule has 0 saturated heterocycles. The van der Waals surface area contributed by atoms with Crippen LogP contribution in [-0.4, -0.2) is 33.5 Å². The topological polar surface area (TPSA) is 94.9 Å². The molecule has 0 aliphatic carbocycles. The third-order valence-corrected chi connectivity index (χ3v) is 3.50. The van der Waals surface area contributed by atoms with Gasteiger partial charge in [-0.05, 0) is 32.1 Å². The van der Waals surface area contributed by atoms with E-state index in [-0.39, 0.29) is 10.6 Å². The van der Waals surface area contributed by atoms with Crippen LogP contribution in [0.5, 0.6) is 0 Å². The van der Waals surface area contributed by atoms with Crippen LogP contribution in [0.2, 0.25) is 0 Å². The number of nitriles is 1. The Hall–Kier alpha value is -1.49. The van der Waals surface area contributed by atoms with Gasteiger partial charge in [-0.15, -0.1) is 0 Å². The third-order valence-electron chi connectivity index (χ3n) is 2.06. The number of hydrogen-bond acceptors (Lipinski definition) is 5. The molecule has 17 heavy (non-hydrogen) atoms. The molecule has 0 aliphatic rings. The third kappa shape index (κ3) is 4.11. The van der Waals surface area contributed by atoms with Crippen molar-refractivity contribution in [2.24, 2.45) is 0 Å². The molecule has 1 aromatic heterocycles. The average molecular weight is 254 g/mol. The Morgan fingerprint density at radius 1 is 1.41 bits per heavy atom. The van der Waals surface area contributed by atoms with Crippen LogP contribution in [0.15, 0.2) is 23.2 Å². The standard InChI is InChI=1S/C10H14N4O2S/c1-12-5-2-6-14-17(15,16)10-4-3-9(7-11)13-8-10/h3-4,8,12,14H,2,5-6H2,1H3. The number of sulfonamides is 1. The highest BCUT2D eigenvalue weighted by atomic mass is 32.2. The molecule has 1 aromatic rings. The van der Waals surface area contributed by atoms with Gasteiger partial charge in [0.15, 0.2) is 0 Å². The van der Waals surface area contributed by atoms with Gasteiger partial charge >= 0.3 is 0 Å². The number of nitrogens with one attached hydrogen (secondary N) is 2. The summed E-state index contributed by atoms with van der Waals surface area (Å²) in [7, 11) is -1.71. The van der Waals surface area contributed by atoms with Crippen molar-refractivity contribution >= 4 is 10.0 Å². The fourth-order valence-electron chi connectivity index (χ4n) is 1.16. The van der Waals surface area contributed by atoms with Crippen molar-refractivity contribution in [3.63, 3.8) is 0 Å². The first-order valence-electron chi connectivity index (χ1n) is 5.10. The summed E-state index contributed by atoms with van der Waals surface area (Å²) in [6, 6.07) is 4.58. The van der Waals surface area contributed by atoms with E-state index in [9.17, 15) is 8.42 Å². The van der Waals surface area contributed by atoms with Crippen LogP contribution in [0.3, 0.4) is 0 Å². The fraction of sp³-hybridized carbons (Fsp3) is 0.400. The maximum Gasteiger partial charge on any atom is 0.242 e. The lowest BCUT2D eigenvalue weighted by Crippen LogP contribution is -2.26. The lowest BCUT2D eigenvalue weighted by atomic mass is 10.4. The molecule has 7 heteroatoms. The van der Waals surface area contributed by atoms with Crippen LogP contribution in [0, 0.1) is 11.3 Å². The molecule has 0 spiro atoms. The van der Waals surface area contributed by atoms with Gasteiger partial charge in [0.05, 0.1) is 0 Å². The van der Waals surface area contributed by atoms with Gasteiger partial charge in [0.25, 0.3) is 0 Å². The molecule has 0 radical (unpaired) electrons. The second kappa shape index (κ2) is 6.30. The van der Waals surface area contributed by atoms with Gasteiger partial charge in [0, 0.05) is 12.7 Å². The van der Waals surface area contributed by atoms with Crippen LogP contribution < -0.4 is 10.0 Å². The summed E-state index contributed by atoms with van der Waals surface area (Å²) in [5.41, 5.74) is 0.194. The van der Waals surface area contributed by atoms with E-state index in [0.717, 1.165) is 6.54 Å². The van der Waals surface area contributed by atoms with Crippen LogP contribution in [0.4, 0.5) is 0 Å². The number of rotatable bonds is 6. The van der Waals surface area contributed by atoms with Gasteiger partial charge in [0.1, 0.15) is 16.7 Å². The summed E-state index contributed by atoms with van der Waals surface area (Å²) in [5.74, 6) is 0. The highest BCUT2D eigenvalue weighted by molar-refractivity contribution is 7.89. The van der Waals surface area contributed by atoms with E-state index < -0.39 is 10.0 Å². The minimum atomic E-state index is -3.52. The smallest absolute Gasteiger partial charge is 0.242 e. The molecular weight excluding hydrogens is 240 g/mol. The van der Waals surface area contributed by atoms with Crippen molar-refractivity contribution in [1.29, 1.82) is 5.26 Å². The molecular formula is C10H14N4O2S. The van der Waals surface area contributed by atoms with E-state index in [2.05, 4.69) is 15.0 Å². The maximum absolute atomic E-state index is 11.7. The zero-order valence-corrected chi connectivity index (χ0v) is 10.3. The highest BCUT2D eigenvalue weighted by Gasteiger charge is 2.13. The van der Waals surface area contributed by atoms with Crippen molar-refractivity contribution in [2.75, 3.05) is 20.1 Å². The molecule has 1 heterocycles. The first kappa shape index (κ1) is 13.6. The Kier molecular flexibility index (Phi) is 5.03. The molecule has 2 N–H and O–H groups in total. The van der Waals surface area contributed by atoms with Gasteiger partial charge in [-0.1, -0.05) is 0 Å². The molecule has 6 nitrogen and oxygen atoms in total. The van der Waals surface area contributed by atoms with E-state index >= 15 is 0 Å². The monoisotopic (exact) mass is 254 g/mol. The second-order valence-electron chi connectivity index (χ2n) is 3.35. The summed E-state index contributed by atoms with van der Waals surface area (Å²) in [5, 5.41) is 11.5. The molecule has 92 valence electrons. The van der Waals surface area contributed by atoms with Gasteiger partial charge in [-0.2, -0.15) is 5.26 Å². The largest absolute Gasteiger partial charge is 0.320 e. The van der Waals surface area contributed by atoms with Crippen LogP contribution >= 0.6 is 0 Å². The zero-order valence-electron chi connectivity index (χ0n) is 9.47. The molecule has 0 aromatic carbocycles. The van der Waals surface area contributed by atoms with Gasteiger partial charge in [0.2, 0.25) is 10.0 Å². The Labute approximate surface area is 101 Å². The number of pyridine rings is 1. The average Bonchev–Trinajstić information content (AvgIpc) is 2.35. The quantitative estimate of drug-likeness (QED) is 0.688. The van der Waals surface area contributed by atoms with E-state index in [1.54, 1.807) is 7.05 Å². The maximum atomic E-state index is 11.7. The van der Waals surface area contributed by atoms with Crippen molar-refractivity contribution in [3.05, 3.63) is 24.0 Å². The van der Waals surface area contributed by atoms with Gasteiger partial charge < -0.3 is 5.32 Å². The SMILES string of the molecule is CNCCCNS(=O)(=O)c1ccc(C#N)nc1. The minimum Gasteiger partial charge on any atom is -0.320 e. The Morgan fingerprint density at radius 2 is 2.18 bits per heavy atom. The van der Waals surface area contributed by atoms with Crippen LogP contribution in [-0.2, 0) is 10.0 Å². The first-order chi connectivity index (χ1) is 8.10. The number of nitrogens with zero attached hydrogens (tertiary/aromatic N) is 2. The van der Waals surface area contributed by atoms with Crippen molar-refractivity contribution < 1.29 is 8.42 Å². The Bertz CT molecular complexity index is 490. The van der Waals surface area contributed by atoms with E-state index in [4.69, 9.17) is 5.26 Å². The highest BCUT2D eigenvalue weighted by Crippen LogP contribution is 2.06. The normalized spacial score (nSPS) is 11.1. The fourth-order valence-corrected chi connectivity index (χ4v) is 2.18. The second-order valence-corrected chi connectivity index (χ2v) is 5.11. The summed E-state index contributed by atoms with van der Waals surface area (Å²) >= 11 is 0. The van der Waals surface area contributed by atoms with E-state index in [0.29, 0.717) is 13.0 Å². The molecule has 0 aliphatic heterocycles. The summed E-state index contributed by atoms with van der Waals surface area (Å²) in [6.07, 6.45) is 1.89. The van der Waals surface area contributed by atoms with Crippen LogP contribution in [0.1, 0.15) is 12.1 Å². The van der Waals surface area contributed by atoms with Crippen molar-refractivity contribution in [2.45, 2.75) is 11.3 Å². The molecule has 0 unspecified atom stereocenters. The minimum absolute atomic E-state index is 0.0703. The predicted molar refractivity (Wildman–Crippen MR) is 62.7 cm³/mol. The molecule has 1 rings (SSSR count). The molecule has 0 amide bonds. The summed E-state index contributed by atoms with van der Waals surface area (Å²) in [4.78, 5) is 3.79. The summed E-state index contributed by atoms with van der Waals surface area (Å²) in [6.45, 7) is 1.11.